The van der Waals surface area contributed by atoms with Crippen molar-refractivity contribution in [2.45, 2.75) is 24.3 Å². The third-order valence-electron chi connectivity index (χ3n) is 3.07. The van der Waals surface area contributed by atoms with Gasteiger partial charge in [0.05, 0.1) is 12.0 Å². The molecule has 0 atom stereocenters. The van der Waals surface area contributed by atoms with Gasteiger partial charge >= 0.3 is 0 Å². The van der Waals surface area contributed by atoms with E-state index in [0.29, 0.717) is 5.75 Å². The van der Waals surface area contributed by atoms with Gasteiger partial charge < -0.3 is 10.5 Å². The molecule has 0 aliphatic heterocycles. The number of ether oxygens (including phenoxy) is 1. The highest BCUT2D eigenvalue weighted by Gasteiger charge is 2.32. The molecular weight excluding hydrogens is 252 g/mol. The summed E-state index contributed by atoms with van der Waals surface area (Å²) in [5.41, 5.74) is 4.98. The molecule has 0 saturated heterocycles. The lowest BCUT2D eigenvalue weighted by Crippen LogP contribution is -2.49. The third-order valence-corrected chi connectivity index (χ3v) is 5.15. The molecule has 0 fully saturated rings. The van der Waals surface area contributed by atoms with Gasteiger partial charge in [0, 0.05) is 19.1 Å². The van der Waals surface area contributed by atoms with E-state index in [1.54, 1.807) is 26.0 Å². The van der Waals surface area contributed by atoms with Crippen LogP contribution >= 0.6 is 0 Å². The predicted octanol–water partition coefficient (Wildman–Crippen LogP) is 1.05. The van der Waals surface area contributed by atoms with Gasteiger partial charge in [0.25, 0.3) is 0 Å². The molecule has 1 aromatic carbocycles. The van der Waals surface area contributed by atoms with Crippen LogP contribution in [0.5, 0.6) is 5.75 Å². The topological polar surface area (TPSA) is 72.6 Å². The van der Waals surface area contributed by atoms with E-state index in [0.717, 1.165) is 0 Å². The zero-order valence-corrected chi connectivity index (χ0v) is 12.0. The van der Waals surface area contributed by atoms with Crippen LogP contribution in [0.3, 0.4) is 0 Å². The highest BCUT2D eigenvalue weighted by Crippen LogP contribution is 2.23. The number of hydrogen-bond donors (Lipinski definition) is 1. The van der Waals surface area contributed by atoms with E-state index in [1.165, 1.54) is 30.6 Å². The minimum absolute atomic E-state index is 0.229. The lowest BCUT2D eigenvalue weighted by Gasteiger charge is -2.33. The number of benzene rings is 1. The van der Waals surface area contributed by atoms with Crippen LogP contribution in [0.25, 0.3) is 0 Å². The van der Waals surface area contributed by atoms with E-state index in [9.17, 15) is 8.42 Å². The van der Waals surface area contributed by atoms with Crippen molar-refractivity contribution < 1.29 is 13.2 Å². The average molecular weight is 272 g/mol. The summed E-state index contributed by atoms with van der Waals surface area (Å²) in [6.45, 7) is 3.82. The van der Waals surface area contributed by atoms with Gasteiger partial charge in [-0.2, -0.15) is 4.31 Å². The Morgan fingerprint density at radius 1 is 1.28 bits per heavy atom. The molecule has 0 amide bonds. The second-order valence-electron chi connectivity index (χ2n) is 4.66. The Morgan fingerprint density at radius 3 is 2.17 bits per heavy atom. The van der Waals surface area contributed by atoms with Crippen molar-refractivity contribution >= 4 is 10.0 Å². The van der Waals surface area contributed by atoms with Crippen molar-refractivity contribution in [3.05, 3.63) is 24.3 Å². The summed E-state index contributed by atoms with van der Waals surface area (Å²) in [5, 5.41) is 0. The fourth-order valence-corrected chi connectivity index (χ4v) is 2.88. The first-order valence-corrected chi connectivity index (χ1v) is 7.03. The molecule has 102 valence electrons. The molecule has 5 nitrogen and oxygen atoms in total. The maximum Gasteiger partial charge on any atom is 0.243 e. The molecule has 0 spiro atoms. The van der Waals surface area contributed by atoms with Crippen molar-refractivity contribution in [1.29, 1.82) is 0 Å². The van der Waals surface area contributed by atoms with E-state index < -0.39 is 15.6 Å². The monoisotopic (exact) mass is 272 g/mol. The molecule has 1 aromatic rings. The normalized spacial score (nSPS) is 12.8. The second kappa shape index (κ2) is 5.26. The van der Waals surface area contributed by atoms with Crippen LogP contribution < -0.4 is 10.5 Å². The Morgan fingerprint density at radius 2 is 1.78 bits per heavy atom. The van der Waals surface area contributed by atoms with Crippen LogP contribution in [0.15, 0.2) is 29.2 Å². The molecule has 0 heterocycles. The van der Waals surface area contributed by atoms with Crippen LogP contribution in [0, 0.1) is 0 Å². The van der Waals surface area contributed by atoms with E-state index in [1.807, 2.05) is 0 Å². The molecule has 2 N–H and O–H groups in total. The quantitative estimate of drug-likeness (QED) is 0.869. The number of methoxy groups -OCH3 is 1. The number of sulfonamides is 1. The maximum absolute atomic E-state index is 12.4. The molecule has 1 rings (SSSR count). The average Bonchev–Trinajstić information content (AvgIpc) is 2.37. The van der Waals surface area contributed by atoms with Crippen LogP contribution in [-0.2, 0) is 10.0 Å². The Balaban J connectivity index is 3.13. The van der Waals surface area contributed by atoms with Gasteiger partial charge in [-0.05, 0) is 38.1 Å². The molecule has 18 heavy (non-hydrogen) atoms. The first-order valence-electron chi connectivity index (χ1n) is 5.59. The first kappa shape index (κ1) is 14.9. The number of nitrogens with zero attached hydrogens (tertiary/aromatic N) is 1. The van der Waals surface area contributed by atoms with Gasteiger partial charge in [-0.1, -0.05) is 0 Å². The Labute approximate surface area is 109 Å². The molecule has 0 aliphatic rings. The number of likely N-dealkylation sites (N-methyl/N-ethyl adjacent to an activating group) is 1. The van der Waals surface area contributed by atoms with Gasteiger partial charge in [-0.3, -0.25) is 0 Å². The SMILES string of the molecule is COc1ccc(S(=O)(=O)N(C)C(C)(C)CN)cc1. The smallest absolute Gasteiger partial charge is 0.243 e. The number of rotatable bonds is 5. The van der Waals surface area contributed by atoms with Crippen molar-refractivity contribution in [2.24, 2.45) is 5.73 Å². The van der Waals surface area contributed by atoms with Crippen LogP contribution in [0.2, 0.25) is 0 Å². The van der Waals surface area contributed by atoms with E-state index in [-0.39, 0.29) is 11.4 Å². The molecular formula is C12H20N2O3S. The van der Waals surface area contributed by atoms with E-state index >= 15 is 0 Å². The van der Waals surface area contributed by atoms with Crippen LogP contribution in [0.4, 0.5) is 0 Å². The van der Waals surface area contributed by atoms with Gasteiger partial charge in [0.1, 0.15) is 5.75 Å². The van der Waals surface area contributed by atoms with Gasteiger partial charge in [-0.25, -0.2) is 8.42 Å². The summed E-state index contributed by atoms with van der Waals surface area (Å²) < 4.78 is 31.0. The largest absolute Gasteiger partial charge is 0.497 e. The lowest BCUT2D eigenvalue weighted by molar-refractivity contribution is 0.274. The second-order valence-corrected chi connectivity index (χ2v) is 6.63. The standard InChI is InChI=1S/C12H20N2O3S/c1-12(2,9-13)14(3)18(15,16)11-7-5-10(17-4)6-8-11/h5-8H,9,13H2,1-4H3. The summed E-state index contributed by atoms with van der Waals surface area (Å²) in [5.74, 6) is 0.620. The first-order chi connectivity index (χ1) is 8.25. The Kier molecular flexibility index (Phi) is 4.37. The Hall–Kier alpha value is -1.11. The highest BCUT2D eigenvalue weighted by atomic mass is 32.2. The van der Waals surface area contributed by atoms with Crippen molar-refractivity contribution in [3.8, 4) is 5.75 Å². The predicted molar refractivity (Wildman–Crippen MR) is 71.1 cm³/mol. The number of hydrogen-bond acceptors (Lipinski definition) is 4. The zero-order valence-electron chi connectivity index (χ0n) is 11.2. The highest BCUT2D eigenvalue weighted by molar-refractivity contribution is 7.89. The molecule has 0 unspecified atom stereocenters. The summed E-state index contributed by atoms with van der Waals surface area (Å²) in [6, 6.07) is 6.29. The fraction of sp³-hybridized carbons (Fsp3) is 0.500. The van der Waals surface area contributed by atoms with E-state index in [4.69, 9.17) is 10.5 Å². The number of nitrogens with two attached hydrogens (primary N) is 1. The van der Waals surface area contributed by atoms with Crippen LogP contribution in [-0.4, -0.2) is 39.0 Å². The van der Waals surface area contributed by atoms with Crippen LogP contribution in [0.1, 0.15) is 13.8 Å². The fourth-order valence-electron chi connectivity index (χ4n) is 1.36. The molecule has 0 aliphatic carbocycles. The molecule has 0 bridgehead atoms. The van der Waals surface area contributed by atoms with Gasteiger partial charge in [0.15, 0.2) is 0 Å². The molecule has 6 heteroatoms. The molecule has 0 saturated carbocycles. The van der Waals surface area contributed by atoms with Gasteiger partial charge in [0.2, 0.25) is 10.0 Å². The zero-order chi connectivity index (χ0) is 14.0. The maximum atomic E-state index is 12.4. The minimum Gasteiger partial charge on any atom is -0.497 e. The van der Waals surface area contributed by atoms with Crippen molar-refractivity contribution in [1.82, 2.24) is 4.31 Å². The summed E-state index contributed by atoms with van der Waals surface area (Å²) in [7, 11) is -0.467. The van der Waals surface area contributed by atoms with Gasteiger partial charge in [-0.15, -0.1) is 0 Å². The van der Waals surface area contributed by atoms with Crippen molar-refractivity contribution in [2.75, 3.05) is 20.7 Å². The van der Waals surface area contributed by atoms with Crippen molar-refractivity contribution in [3.63, 3.8) is 0 Å². The lowest BCUT2D eigenvalue weighted by atomic mass is 10.1. The third kappa shape index (κ3) is 2.82. The molecule has 0 aromatic heterocycles. The summed E-state index contributed by atoms with van der Waals surface area (Å²) in [6.07, 6.45) is 0. The molecule has 0 radical (unpaired) electrons. The Bertz CT molecular complexity index is 495. The summed E-state index contributed by atoms with van der Waals surface area (Å²) >= 11 is 0. The minimum atomic E-state index is -3.54. The van der Waals surface area contributed by atoms with E-state index in [2.05, 4.69) is 0 Å². The summed E-state index contributed by atoms with van der Waals surface area (Å²) in [4.78, 5) is 0.229.